The Kier molecular flexibility index (Phi) is 6.57. The highest BCUT2D eigenvalue weighted by Gasteiger charge is 2.12. The third kappa shape index (κ3) is 4.89. The molecule has 0 N–H and O–H groups in total. The monoisotopic (exact) mass is 408 g/mol. The minimum absolute atomic E-state index is 0.0514. The Morgan fingerprint density at radius 1 is 1.07 bits per heavy atom. The molecule has 0 saturated carbocycles. The third-order valence-electron chi connectivity index (χ3n) is 4.73. The van der Waals surface area contributed by atoms with Gasteiger partial charge in [-0.1, -0.05) is 18.2 Å². The van der Waals surface area contributed by atoms with Crippen LogP contribution in [-0.2, 0) is 16.1 Å². The average molecular weight is 408 g/mol. The number of benzene rings is 2. The lowest BCUT2D eigenvalue weighted by molar-refractivity contribution is -0.147. The van der Waals surface area contributed by atoms with Crippen LogP contribution in [0.5, 0.6) is 11.5 Å². The Morgan fingerprint density at radius 2 is 1.83 bits per heavy atom. The van der Waals surface area contributed by atoms with Crippen molar-refractivity contribution in [3.05, 3.63) is 75.1 Å². The van der Waals surface area contributed by atoms with Gasteiger partial charge in [0.25, 0.3) is 0 Å². The van der Waals surface area contributed by atoms with Gasteiger partial charge in [0.1, 0.15) is 12.2 Å². The predicted octanol–water partition coefficient (Wildman–Crippen LogP) is 4.57. The summed E-state index contributed by atoms with van der Waals surface area (Å²) in [5, 5.41) is 0.743. The number of methoxy groups -OCH3 is 1. The van der Waals surface area contributed by atoms with Crippen LogP contribution in [0.25, 0.3) is 17.0 Å². The lowest BCUT2D eigenvalue weighted by atomic mass is 10.0. The summed E-state index contributed by atoms with van der Waals surface area (Å²) in [6.07, 6.45) is 3.86. The van der Waals surface area contributed by atoms with E-state index in [1.807, 2.05) is 57.2 Å². The van der Waals surface area contributed by atoms with Gasteiger partial charge in [0.15, 0.2) is 18.1 Å². The Labute approximate surface area is 174 Å². The molecule has 0 radical (unpaired) electrons. The first-order valence-electron chi connectivity index (χ1n) is 9.54. The topological polar surface area (TPSA) is 75.0 Å². The van der Waals surface area contributed by atoms with Crippen molar-refractivity contribution in [3.63, 3.8) is 0 Å². The number of fused-ring (bicyclic) bond motifs is 1. The van der Waals surface area contributed by atoms with Crippen LogP contribution in [0.15, 0.2) is 51.7 Å². The maximum absolute atomic E-state index is 12.2. The van der Waals surface area contributed by atoms with Gasteiger partial charge in [-0.3, -0.25) is 0 Å². The van der Waals surface area contributed by atoms with E-state index < -0.39 is 11.6 Å². The van der Waals surface area contributed by atoms with Crippen molar-refractivity contribution in [2.45, 2.75) is 27.4 Å². The standard InChI is InChI=1S/C24H24O6/c1-5-6-17-7-8-20(22(11-17)27-4)28-14-24(26)29-13-18-12-23(25)30-21-10-16(3)15(2)9-19(18)21/h5-12H,13-14H2,1-4H3/b6-5+. The van der Waals surface area contributed by atoms with E-state index in [0.29, 0.717) is 22.6 Å². The van der Waals surface area contributed by atoms with Gasteiger partial charge in [0, 0.05) is 17.0 Å². The molecule has 2 aromatic carbocycles. The molecule has 0 unspecified atom stereocenters. The largest absolute Gasteiger partial charge is 0.493 e. The number of esters is 1. The molecule has 156 valence electrons. The van der Waals surface area contributed by atoms with E-state index in [9.17, 15) is 9.59 Å². The molecule has 3 rings (SSSR count). The molecule has 30 heavy (non-hydrogen) atoms. The third-order valence-corrected chi connectivity index (χ3v) is 4.73. The van der Waals surface area contributed by atoms with Crippen molar-refractivity contribution in [1.82, 2.24) is 0 Å². The van der Waals surface area contributed by atoms with Gasteiger partial charge in [0.05, 0.1) is 7.11 Å². The van der Waals surface area contributed by atoms with Gasteiger partial charge in [-0.15, -0.1) is 0 Å². The lowest BCUT2D eigenvalue weighted by Crippen LogP contribution is -2.15. The zero-order chi connectivity index (χ0) is 21.7. The number of hydrogen-bond donors (Lipinski definition) is 0. The summed E-state index contributed by atoms with van der Waals surface area (Å²) in [7, 11) is 1.54. The van der Waals surface area contributed by atoms with Crippen molar-refractivity contribution >= 4 is 23.0 Å². The van der Waals surface area contributed by atoms with Gasteiger partial charge in [-0.2, -0.15) is 0 Å². The summed E-state index contributed by atoms with van der Waals surface area (Å²) < 4.78 is 21.5. The number of ether oxygens (including phenoxy) is 3. The zero-order valence-electron chi connectivity index (χ0n) is 17.5. The SMILES string of the molecule is C/C=C/c1ccc(OCC(=O)OCc2cc(=O)oc3cc(C)c(C)cc23)c(OC)c1. The molecule has 1 heterocycles. The van der Waals surface area contributed by atoms with Crippen LogP contribution >= 0.6 is 0 Å². The van der Waals surface area contributed by atoms with Crippen molar-refractivity contribution in [2.24, 2.45) is 0 Å². The highest BCUT2D eigenvalue weighted by Crippen LogP contribution is 2.28. The predicted molar refractivity (Wildman–Crippen MR) is 115 cm³/mol. The van der Waals surface area contributed by atoms with Crippen LogP contribution in [0.4, 0.5) is 0 Å². The van der Waals surface area contributed by atoms with Crippen LogP contribution in [-0.4, -0.2) is 19.7 Å². The van der Waals surface area contributed by atoms with Crippen molar-refractivity contribution in [2.75, 3.05) is 13.7 Å². The number of aryl methyl sites for hydroxylation is 2. The lowest BCUT2D eigenvalue weighted by Gasteiger charge is -2.12. The molecule has 0 amide bonds. The molecule has 6 heteroatoms. The molecule has 0 spiro atoms. The zero-order valence-corrected chi connectivity index (χ0v) is 17.5. The maximum Gasteiger partial charge on any atom is 0.344 e. The van der Waals surface area contributed by atoms with E-state index in [0.717, 1.165) is 22.1 Å². The Hall–Kier alpha value is -3.54. The number of carbonyl (C=O) groups is 1. The summed E-state index contributed by atoms with van der Waals surface area (Å²) in [6.45, 7) is 5.51. The first-order valence-corrected chi connectivity index (χ1v) is 9.54. The van der Waals surface area contributed by atoms with Crippen molar-refractivity contribution in [1.29, 1.82) is 0 Å². The van der Waals surface area contributed by atoms with Gasteiger partial charge >= 0.3 is 11.6 Å². The minimum atomic E-state index is -0.556. The number of carbonyl (C=O) groups excluding carboxylic acids is 1. The molecule has 0 aliphatic carbocycles. The smallest absolute Gasteiger partial charge is 0.344 e. The summed E-state index contributed by atoms with van der Waals surface area (Å²) in [4.78, 5) is 24.0. The molecule has 0 saturated heterocycles. The average Bonchev–Trinajstić information content (AvgIpc) is 2.72. The molecule has 0 atom stereocenters. The number of allylic oxidation sites excluding steroid dienone is 1. The van der Waals surface area contributed by atoms with Crippen LogP contribution in [0.3, 0.4) is 0 Å². The fraction of sp³-hybridized carbons (Fsp3) is 0.250. The fourth-order valence-corrected chi connectivity index (χ4v) is 3.04. The van der Waals surface area contributed by atoms with E-state index in [1.165, 1.54) is 13.2 Å². The quantitative estimate of drug-likeness (QED) is 0.421. The Balaban J connectivity index is 1.68. The fourth-order valence-electron chi connectivity index (χ4n) is 3.04. The first kappa shape index (κ1) is 21.2. The summed E-state index contributed by atoms with van der Waals surface area (Å²) >= 11 is 0. The molecule has 3 aromatic rings. The summed E-state index contributed by atoms with van der Waals surface area (Å²) in [5.41, 5.74) is 3.61. The molecular formula is C24H24O6. The number of rotatable bonds is 7. The number of hydrogen-bond acceptors (Lipinski definition) is 6. The summed E-state index contributed by atoms with van der Waals surface area (Å²) in [6, 6.07) is 10.5. The highest BCUT2D eigenvalue weighted by atomic mass is 16.6. The van der Waals surface area contributed by atoms with Gasteiger partial charge in [0.2, 0.25) is 0 Å². The van der Waals surface area contributed by atoms with E-state index >= 15 is 0 Å². The molecule has 0 bridgehead atoms. The molecule has 6 nitrogen and oxygen atoms in total. The van der Waals surface area contributed by atoms with Crippen LogP contribution in [0.1, 0.15) is 29.2 Å². The second-order valence-corrected chi connectivity index (χ2v) is 6.88. The minimum Gasteiger partial charge on any atom is -0.493 e. The van der Waals surface area contributed by atoms with E-state index in [2.05, 4.69) is 0 Å². The van der Waals surface area contributed by atoms with Crippen LogP contribution in [0.2, 0.25) is 0 Å². The molecule has 0 aliphatic heterocycles. The second-order valence-electron chi connectivity index (χ2n) is 6.88. The molecular weight excluding hydrogens is 384 g/mol. The van der Waals surface area contributed by atoms with E-state index in [-0.39, 0.29) is 13.2 Å². The molecule has 0 fully saturated rings. The molecule has 0 aliphatic rings. The van der Waals surface area contributed by atoms with Gasteiger partial charge in [-0.25, -0.2) is 9.59 Å². The Bertz CT molecular complexity index is 1160. The molecule has 1 aromatic heterocycles. The Morgan fingerprint density at radius 3 is 2.57 bits per heavy atom. The van der Waals surface area contributed by atoms with Gasteiger partial charge < -0.3 is 18.6 Å². The maximum atomic E-state index is 12.2. The van der Waals surface area contributed by atoms with Crippen LogP contribution < -0.4 is 15.1 Å². The van der Waals surface area contributed by atoms with Crippen molar-refractivity contribution < 1.29 is 23.4 Å². The highest BCUT2D eigenvalue weighted by molar-refractivity contribution is 5.82. The summed E-state index contributed by atoms with van der Waals surface area (Å²) in [5.74, 6) is 0.412. The van der Waals surface area contributed by atoms with E-state index in [1.54, 1.807) is 6.07 Å². The van der Waals surface area contributed by atoms with Crippen LogP contribution in [0, 0.1) is 13.8 Å². The second kappa shape index (κ2) is 9.31. The van der Waals surface area contributed by atoms with Crippen molar-refractivity contribution in [3.8, 4) is 11.5 Å². The van der Waals surface area contributed by atoms with Gasteiger partial charge in [-0.05, 0) is 61.7 Å². The van der Waals surface area contributed by atoms with E-state index in [4.69, 9.17) is 18.6 Å². The normalized spacial score (nSPS) is 11.1. The first-order chi connectivity index (χ1) is 14.4.